The SMILES string of the molecule is CC1(C)COC2(OC1)[C@H](C[Si](C)(C)C)[C@@H]2/C1=C/CCCCCC1. The van der Waals surface area contributed by atoms with Crippen molar-refractivity contribution in [2.24, 2.45) is 17.3 Å². The zero-order valence-corrected chi connectivity index (χ0v) is 16.9. The van der Waals surface area contributed by atoms with Crippen LogP contribution in [0, 0.1) is 17.3 Å². The lowest BCUT2D eigenvalue weighted by molar-refractivity contribution is -0.254. The quantitative estimate of drug-likeness (QED) is 0.492. The summed E-state index contributed by atoms with van der Waals surface area (Å²) in [6.07, 6.45) is 10.6. The molecule has 3 aliphatic rings. The van der Waals surface area contributed by atoms with Crippen LogP contribution in [0.25, 0.3) is 0 Å². The van der Waals surface area contributed by atoms with Crippen LogP contribution in [0.4, 0.5) is 0 Å². The average Bonchev–Trinajstić information content (AvgIpc) is 2.98. The first-order valence-electron chi connectivity index (χ1n) is 9.70. The molecular weight excluding hydrogens is 300 g/mol. The van der Waals surface area contributed by atoms with Crippen molar-refractivity contribution in [1.82, 2.24) is 0 Å². The molecule has 3 rings (SSSR count). The van der Waals surface area contributed by atoms with Crippen molar-refractivity contribution in [2.45, 2.75) is 83.8 Å². The molecule has 1 saturated heterocycles. The Labute approximate surface area is 144 Å². The maximum absolute atomic E-state index is 6.45. The van der Waals surface area contributed by atoms with Crippen LogP contribution in [-0.4, -0.2) is 27.1 Å². The maximum Gasteiger partial charge on any atom is 0.178 e. The van der Waals surface area contributed by atoms with Crippen LogP contribution in [0.15, 0.2) is 11.6 Å². The van der Waals surface area contributed by atoms with Crippen molar-refractivity contribution in [1.29, 1.82) is 0 Å². The second-order valence-corrected chi connectivity index (χ2v) is 15.6. The molecule has 2 nitrogen and oxygen atoms in total. The second-order valence-electron chi connectivity index (χ2n) is 10.0. The fourth-order valence-electron chi connectivity index (χ4n) is 4.44. The Bertz CT molecular complexity index is 451. The third kappa shape index (κ3) is 3.93. The van der Waals surface area contributed by atoms with E-state index < -0.39 is 8.07 Å². The predicted molar refractivity (Wildman–Crippen MR) is 99.3 cm³/mol. The van der Waals surface area contributed by atoms with Gasteiger partial charge in [-0.2, -0.15) is 0 Å². The van der Waals surface area contributed by atoms with E-state index in [0.29, 0.717) is 11.8 Å². The van der Waals surface area contributed by atoms with E-state index in [9.17, 15) is 0 Å². The van der Waals surface area contributed by atoms with Crippen LogP contribution in [0.5, 0.6) is 0 Å². The standard InChI is InChI=1S/C20H36O2Si/c1-19(2)14-21-20(22-15-19)17(13-23(3,4)5)18(20)16-11-9-7-6-8-10-12-16/h11,17-18H,6-10,12-15H2,1-5H3/b16-11+/t17-,18+/m1/s1. The molecule has 0 aromatic rings. The summed E-state index contributed by atoms with van der Waals surface area (Å²) in [5.74, 6) is 0.889. The second kappa shape index (κ2) is 6.31. The van der Waals surface area contributed by atoms with Crippen molar-refractivity contribution in [3.63, 3.8) is 0 Å². The normalized spacial score (nSPS) is 36.0. The summed E-state index contributed by atoms with van der Waals surface area (Å²) in [6.45, 7) is 13.6. The fourth-order valence-corrected chi connectivity index (χ4v) is 6.28. The summed E-state index contributed by atoms with van der Waals surface area (Å²) in [4.78, 5) is 0. The third-order valence-corrected chi connectivity index (χ3v) is 7.34. The Hall–Kier alpha value is -0.123. The summed E-state index contributed by atoms with van der Waals surface area (Å²) in [6, 6.07) is 1.33. The molecule has 2 aliphatic carbocycles. The van der Waals surface area contributed by atoms with Crippen LogP contribution >= 0.6 is 0 Å². The molecular formula is C20H36O2Si. The molecule has 1 aliphatic heterocycles. The molecule has 0 aromatic heterocycles. The Balaban J connectivity index is 1.78. The van der Waals surface area contributed by atoms with Gasteiger partial charge in [-0.25, -0.2) is 0 Å². The number of hydrogen-bond donors (Lipinski definition) is 0. The molecule has 0 radical (unpaired) electrons. The summed E-state index contributed by atoms with van der Waals surface area (Å²) in [5.41, 5.74) is 1.82. The van der Waals surface area contributed by atoms with Crippen LogP contribution in [0.3, 0.4) is 0 Å². The molecule has 0 aromatic carbocycles. The molecule has 23 heavy (non-hydrogen) atoms. The fraction of sp³-hybridized carbons (Fsp3) is 0.900. The molecule has 1 saturated carbocycles. The van der Waals surface area contributed by atoms with Crippen LogP contribution in [0.1, 0.15) is 52.4 Å². The minimum absolute atomic E-state index is 0.164. The largest absolute Gasteiger partial charge is 0.348 e. The molecule has 132 valence electrons. The molecule has 1 spiro atoms. The zero-order valence-electron chi connectivity index (χ0n) is 15.9. The van der Waals surface area contributed by atoms with Gasteiger partial charge in [0, 0.05) is 25.3 Å². The summed E-state index contributed by atoms with van der Waals surface area (Å²) >= 11 is 0. The number of hydrogen-bond acceptors (Lipinski definition) is 2. The van der Waals surface area contributed by atoms with Gasteiger partial charge in [-0.15, -0.1) is 0 Å². The minimum atomic E-state index is -1.12. The average molecular weight is 337 g/mol. The molecule has 3 heteroatoms. The maximum atomic E-state index is 6.45. The summed E-state index contributed by atoms with van der Waals surface area (Å²) in [5, 5.41) is 0. The highest BCUT2D eigenvalue weighted by atomic mass is 28.3. The predicted octanol–water partition coefficient (Wildman–Crippen LogP) is 5.62. The smallest absolute Gasteiger partial charge is 0.178 e. The van der Waals surface area contributed by atoms with Crippen molar-refractivity contribution in [3.05, 3.63) is 11.6 Å². The highest BCUT2D eigenvalue weighted by molar-refractivity contribution is 6.76. The van der Waals surface area contributed by atoms with Gasteiger partial charge in [0.1, 0.15) is 0 Å². The van der Waals surface area contributed by atoms with Gasteiger partial charge in [-0.3, -0.25) is 0 Å². The third-order valence-electron chi connectivity index (χ3n) is 5.68. The Morgan fingerprint density at radius 1 is 1.04 bits per heavy atom. The van der Waals surface area contributed by atoms with E-state index in [2.05, 4.69) is 39.6 Å². The lowest BCUT2D eigenvalue weighted by Gasteiger charge is -2.36. The number of rotatable bonds is 3. The number of ether oxygens (including phenoxy) is 2. The summed E-state index contributed by atoms with van der Waals surface area (Å²) < 4.78 is 12.9. The Morgan fingerprint density at radius 3 is 2.35 bits per heavy atom. The van der Waals surface area contributed by atoms with Gasteiger partial charge in [0.15, 0.2) is 5.79 Å². The van der Waals surface area contributed by atoms with E-state index in [1.54, 1.807) is 5.57 Å². The molecule has 0 unspecified atom stereocenters. The van der Waals surface area contributed by atoms with Gasteiger partial charge in [-0.05, 0) is 31.7 Å². The van der Waals surface area contributed by atoms with Crippen LogP contribution < -0.4 is 0 Å². The molecule has 0 N–H and O–H groups in total. The molecule has 0 amide bonds. The molecule has 0 bridgehead atoms. The topological polar surface area (TPSA) is 18.5 Å². The zero-order chi connectivity index (χ0) is 16.7. The Morgan fingerprint density at radius 2 is 1.70 bits per heavy atom. The first-order valence-corrected chi connectivity index (χ1v) is 13.4. The lowest BCUT2D eigenvalue weighted by atomic mass is 9.94. The van der Waals surface area contributed by atoms with Crippen LogP contribution in [0.2, 0.25) is 25.7 Å². The van der Waals surface area contributed by atoms with Crippen molar-refractivity contribution < 1.29 is 9.47 Å². The van der Waals surface area contributed by atoms with Gasteiger partial charge >= 0.3 is 0 Å². The van der Waals surface area contributed by atoms with Gasteiger partial charge in [-0.1, -0.05) is 58.0 Å². The molecule has 1 heterocycles. The van der Waals surface area contributed by atoms with Crippen molar-refractivity contribution in [3.8, 4) is 0 Å². The van der Waals surface area contributed by atoms with E-state index in [4.69, 9.17) is 9.47 Å². The van der Waals surface area contributed by atoms with Crippen molar-refractivity contribution in [2.75, 3.05) is 13.2 Å². The van der Waals surface area contributed by atoms with E-state index in [1.165, 1.54) is 44.6 Å². The van der Waals surface area contributed by atoms with E-state index in [0.717, 1.165) is 13.2 Å². The van der Waals surface area contributed by atoms with Crippen LogP contribution in [-0.2, 0) is 9.47 Å². The molecule has 2 atom stereocenters. The van der Waals surface area contributed by atoms with Gasteiger partial charge in [0.2, 0.25) is 0 Å². The van der Waals surface area contributed by atoms with Gasteiger partial charge in [0.05, 0.1) is 13.2 Å². The van der Waals surface area contributed by atoms with Gasteiger partial charge in [0.25, 0.3) is 0 Å². The number of allylic oxidation sites excluding steroid dienone is 1. The van der Waals surface area contributed by atoms with Crippen molar-refractivity contribution >= 4 is 8.07 Å². The minimum Gasteiger partial charge on any atom is -0.348 e. The highest BCUT2D eigenvalue weighted by Gasteiger charge is 2.70. The molecule has 2 fully saturated rings. The van der Waals surface area contributed by atoms with E-state index >= 15 is 0 Å². The van der Waals surface area contributed by atoms with E-state index in [1.807, 2.05) is 0 Å². The first-order chi connectivity index (χ1) is 10.7. The highest BCUT2D eigenvalue weighted by Crippen LogP contribution is 2.64. The first kappa shape index (κ1) is 17.7. The lowest BCUT2D eigenvalue weighted by Crippen LogP contribution is -2.41. The summed E-state index contributed by atoms with van der Waals surface area (Å²) in [7, 11) is -1.12. The van der Waals surface area contributed by atoms with Gasteiger partial charge < -0.3 is 9.47 Å². The van der Waals surface area contributed by atoms with E-state index in [-0.39, 0.29) is 11.2 Å². The Kier molecular flexibility index (Phi) is 4.85. The monoisotopic (exact) mass is 336 g/mol.